The highest BCUT2D eigenvalue weighted by Gasteiger charge is 2.23. The van der Waals surface area contributed by atoms with Gasteiger partial charge in [0, 0.05) is 17.9 Å². The highest BCUT2D eigenvalue weighted by molar-refractivity contribution is 5.92. The average molecular weight is 140 g/mol. The molecule has 0 saturated heterocycles. The minimum absolute atomic E-state index is 0.0515. The summed E-state index contributed by atoms with van der Waals surface area (Å²) in [5.41, 5.74) is 0. The van der Waals surface area contributed by atoms with E-state index in [2.05, 4.69) is 0 Å². The molecule has 2 heteroatoms. The van der Waals surface area contributed by atoms with Crippen LogP contribution in [0.5, 0.6) is 0 Å². The number of carbonyl (C=O) groups is 1. The number of carbonyl (C=O) groups excluding carboxylic acids is 1. The quantitative estimate of drug-likeness (QED) is 0.555. The molecule has 0 aliphatic heterocycles. The van der Waals surface area contributed by atoms with Crippen LogP contribution in [0.1, 0.15) is 20.3 Å². The van der Waals surface area contributed by atoms with Crippen molar-refractivity contribution in [3.8, 4) is 0 Å². The summed E-state index contributed by atoms with van der Waals surface area (Å²) in [5.74, 6) is 0.539. The van der Waals surface area contributed by atoms with Gasteiger partial charge in [0.05, 0.1) is 5.76 Å². The zero-order valence-corrected chi connectivity index (χ0v) is 6.29. The first kappa shape index (κ1) is 7.32. The predicted octanol–water partition coefficient (Wildman–Crippen LogP) is 1.67. The van der Waals surface area contributed by atoms with Crippen molar-refractivity contribution < 1.29 is 9.90 Å². The summed E-state index contributed by atoms with van der Waals surface area (Å²) in [6, 6.07) is 0. The zero-order valence-electron chi connectivity index (χ0n) is 6.29. The van der Waals surface area contributed by atoms with Gasteiger partial charge in [-0.15, -0.1) is 0 Å². The van der Waals surface area contributed by atoms with E-state index in [-0.39, 0.29) is 23.4 Å². The lowest BCUT2D eigenvalue weighted by atomic mass is 9.87. The van der Waals surface area contributed by atoms with Gasteiger partial charge in [0.2, 0.25) is 0 Å². The number of aliphatic hydroxyl groups is 1. The van der Waals surface area contributed by atoms with Crippen LogP contribution < -0.4 is 0 Å². The third kappa shape index (κ3) is 1.20. The Kier molecular flexibility index (Phi) is 1.79. The summed E-state index contributed by atoms with van der Waals surface area (Å²) in [7, 11) is 0. The first-order valence-corrected chi connectivity index (χ1v) is 3.55. The molecule has 2 atom stereocenters. The summed E-state index contributed by atoms with van der Waals surface area (Å²) >= 11 is 0. The summed E-state index contributed by atoms with van der Waals surface area (Å²) in [5, 5.41) is 9.11. The first-order valence-electron chi connectivity index (χ1n) is 3.55. The fourth-order valence-electron chi connectivity index (χ4n) is 1.20. The van der Waals surface area contributed by atoms with Crippen molar-refractivity contribution in [2.75, 3.05) is 0 Å². The van der Waals surface area contributed by atoms with Gasteiger partial charge in [-0.2, -0.15) is 0 Å². The molecule has 1 aliphatic rings. The van der Waals surface area contributed by atoms with Gasteiger partial charge in [-0.3, -0.25) is 4.79 Å². The van der Waals surface area contributed by atoms with Crippen molar-refractivity contribution in [1.29, 1.82) is 0 Å². The van der Waals surface area contributed by atoms with E-state index >= 15 is 0 Å². The molecule has 1 N–H and O–H groups in total. The Labute approximate surface area is 60.6 Å². The molecule has 1 rings (SSSR count). The molecule has 0 bridgehead atoms. The second kappa shape index (κ2) is 2.45. The zero-order chi connectivity index (χ0) is 7.72. The Bertz CT molecular complexity index is 182. The number of ketones is 1. The van der Waals surface area contributed by atoms with Crippen LogP contribution >= 0.6 is 0 Å². The standard InChI is InChI=1S/C8H12O2/c1-5-3-6(2)8(10)4-7(5)9/h4-6,9H,3H2,1-2H3/t5-,6-/m1/s1. The Morgan fingerprint density at radius 3 is 2.60 bits per heavy atom. The molecule has 0 saturated carbocycles. The number of aliphatic hydroxyl groups excluding tert-OH is 1. The Morgan fingerprint density at radius 1 is 1.50 bits per heavy atom. The molecular weight excluding hydrogens is 128 g/mol. The van der Waals surface area contributed by atoms with Gasteiger partial charge in [-0.05, 0) is 6.42 Å². The van der Waals surface area contributed by atoms with E-state index in [1.54, 1.807) is 0 Å². The third-order valence-electron chi connectivity index (χ3n) is 1.99. The van der Waals surface area contributed by atoms with Crippen molar-refractivity contribution in [2.45, 2.75) is 20.3 Å². The second-order valence-corrected chi connectivity index (χ2v) is 3.01. The first-order chi connectivity index (χ1) is 4.61. The lowest BCUT2D eigenvalue weighted by molar-refractivity contribution is -0.119. The lowest BCUT2D eigenvalue weighted by Crippen LogP contribution is -2.19. The molecule has 1 aliphatic carbocycles. The minimum atomic E-state index is 0.0515. The third-order valence-corrected chi connectivity index (χ3v) is 1.99. The van der Waals surface area contributed by atoms with Crippen LogP contribution in [-0.4, -0.2) is 10.9 Å². The van der Waals surface area contributed by atoms with Gasteiger partial charge >= 0.3 is 0 Å². The molecule has 0 radical (unpaired) electrons. The average Bonchev–Trinajstić information content (AvgIpc) is 1.84. The molecule has 0 unspecified atom stereocenters. The normalized spacial score (nSPS) is 33.8. The van der Waals surface area contributed by atoms with E-state index in [4.69, 9.17) is 5.11 Å². The summed E-state index contributed by atoms with van der Waals surface area (Å²) in [4.78, 5) is 10.9. The van der Waals surface area contributed by atoms with Gasteiger partial charge in [0.15, 0.2) is 5.78 Å². The summed E-state index contributed by atoms with van der Waals surface area (Å²) < 4.78 is 0. The summed E-state index contributed by atoms with van der Waals surface area (Å²) in [6.45, 7) is 3.82. The van der Waals surface area contributed by atoms with Crippen molar-refractivity contribution >= 4 is 5.78 Å². The van der Waals surface area contributed by atoms with E-state index in [9.17, 15) is 4.79 Å². The second-order valence-electron chi connectivity index (χ2n) is 3.01. The fourth-order valence-corrected chi connectivity index (χ4v) is 1.20. The molecule has 10 heavy (non-hydrogen) atoms. The molecule has 0 amide bonds. The number of rotatable bonds is 0. The molecule has 0 aromatic heterocycles. The Morgan fingerprint density at radius 2 is 2.10 bits per heavy atom. The molecule has 2 nitrogen and oxygen atoms in total. The van der Waals surface area contributed by atoms with Crippen LogP contribution in [0.3, 0.4) is 0 Å². The molecule has 0 heterocycles. The minimum Gasteiger partial charge on any atom is -0.512 e. The Hall–Kier alpha value is -0.790. The van der Waals surface area contributed by atoms with Gasteiger partial charge in [0.1, 0.15) is 0 Å². The van der Waals surface area contributed by atoms with Crippen LogP contribution in [-0.2, 0) is 4.79 Å². The maximum absolute atomic E-state index is 10.9. The molecule has 56 valence electrons. The largest absolute Gasteiger partial charge is 0.512 e. The van der Waals surface area contributed by atoms with Crippen LogP contribution in [0.4, 0.5) is 0 Å². The molecule has 0 spiro atoms. The maximum atomic E-state index is 10.9. The highest BCUT2D eigenvalue weighted by atomic mass is 16.3. The van der Waals surface area contributed by atoms with Crippen molar-refractivity contribution in [3.05, 3.63) is 11.8 Å². The van der Waals surface area contributed by atoms with Crippen molar-refractivity contribution in [2.24, 2.45) is 11.8 Å². The van der Waals surface area contributed by atoms with E-state index in [1.165, 1.54) is 6.08 Å². The van der Waals surface area contributed by atoms with E-state index in [0.717, 1.165) is 6.42 Å². The lowest BCUT2D eigenvalue weighted by Gasteiger charge is -2.19. The smallest absolute Gasteiger partial charge is 0.161 e. The van der Waals surface area contributed by atoms with Crippen molar-refractivity contribution in [1.82, 2.24) is 0 Å². The SMILES string of the molecule is C[C@@H]1C[C@@H](C)C(O)=CC1=O. The maximum Gasteiger partial charge on any atom is 0.161 e. The highest BCUT2D eigenvalue weighted by Crippen LogP contribution is 2.24. The van der Waals surface area contributed by atoms with Crippen LogP contribution in [0.25, 0.3) is 0 Å². The van der Waals surface area contributed by atoms with Crippen LogP contribution in [0.2, 0.25) is 0 Å². The van der Waals surface area contributed by atoms with Gasteiger partial charge < -0.3 is 5.11 Å². The van der Waals surface area contributed by atoms with Crippen molar-refractivity contribution in [3.63, 3.8) is 0 Å². The fraction of sp³-hybridized carbons (Fsp3) is 0.625. The van der Waals surface area contributed by atoms with Gasteiger partial charge in [-0.1, -0.05) is 13.8 Å². The van der Waals surface area contributed by atoms with Crippen LogP contribution in [0, 0.1) is 11.8 Å². The van der Waals surface area contributed by atoms with E-state index in [0.29, 0.717) is 0 Å². The molecule has 0 aromatic carbocycles. The number of hydrogen-bond acceptors (Lipinski definition) is 2. The number of hydrogen-bond donors (Lipinski definition) is 1. The molecular formula is C8H12O2. The van der Waals surface area contributed by atoms with E-state index in [1.807, 2.05) is 13.8 Å². The monoisotopic (exact) mass is 140 g/mol. The number of allylic oxidation sites excluding steroid dienone is 2. The van der Waals surface area contributed by atoms with E-state index < -0.39 is 0 Å². The predicted molar refractivity (Wildman–Crippen MR) is 38.7 cm³/mol. The molecule has 0 aromatic rings. The van der Waals surface area contributed by atoms with Gasteiger partial charge in [0.25, 0.3) is 0 Å². The van der Waals surface area contributed by atoms with Crippen LogP contribution in [0.15, 0.2) is 11.8 Å². The topological polar surface area (TPSA) is 37.3 Å². The summed E-state index contributed by atoms with van der Waals surface area (Å²) in [6.07, 6.45) is 2.12. The van der Waals surface area contributed by atoms with Gasteiger partial charge in [-0.25, -0.2) is 0 Å². The molecule has 0 fully saturated rings. The Balaban J connectivity index is 2.79.